The summed E-state index contributed by atoms with van der Waals surface area (Å²) in [7, 11) is 5.93. The summed E-state index contributed by atoms with van der Waals surface area (Å²) < 4.78 is 5.65. The Kier molecular flexibility index (Phi) is 12.5. The quantitative estimate of drug-likeness (QED) is 0.207. The molecular weight excluding hydrogens is 403 g/mol. The van der Waals surface area contributed by atoms with Crippen LogP contribution in [-0.2, 0) is 6.54 Å². The van der Waals surface area contributed by atoms with Crippen molar-refractivity contribution in [1.82, 2.24) is 15.5 Å². The summed E-state index contributed by atoms with van der Waals surface area (Å²) in [5, 5.41) is 6.62. The van der Waals surface area contributed by atoms with Crippen molar-refractivity contribution in [2.75, 3.05) is 40.8 Å². The number of aliphatic imine (C=N–C) groups is 1. The van der Waals surface area contributed by atoms with Gasteiger partial charge in [-0.3, -0.25) is 4.99 Å². The van der Waals surface area contributed by atoms with Crippen LogP contribution < -0.4 is 15.4 Å². The Bertz CT molecular complexity index is 477. The molecule has 130 valence electrons. The molecule has 0 aromatic heterocycles. The van der Waals surface area contributed by atoms with Gasteiger partial charge in [-0.15, -0.1) is 24.0 Å². The smallest absolute Gasteiger partial charge is 0.191 e. The number of ether oxygens (including phenoxy) is 1. The molecule has 6 heteroatoms. The first-order valence-corrected chi connectivity index (χ1v) is 7.58. The minimum absolute atomic E-state index is 0. The third-order valence-corrected chi connectivity index (χ3v) is 3.07. The topological polar surface area (TPSA) is 48.9 Å². The molecule has 0 radical (unpaired) electrons. The summed E-state index contributed by atoms with van der Waals surface area (Å²) in [5.74, 6) is 1.68. The molecular formula is C17H29IN4O. The molecule has 0 aliphatic heterocycles. The molecule has 0 amide bonds. The maximum Gasteiger partial charge on any atom is 0.191 e. The molecule has 0 saturated heterocycles. The van der Waals surface area contributed by atoms with Crippen LogP contribution in [0.5, 0.6) is 5.75 Å². The predicted molar refractivity (Wildman–Crippen MR) is 109 cm³/mol. The van der Waals surface area contributed by atoms with Crippen LogP contribution >= 0.6 is 24.0 Å². The van der Waals surface area contributed by atoms with Gasteiger partial charge in [-0.25, -0.2) is 0 Å². The molecule has 1 aromatic rings. The second kappa shape index (κ2) is 13.2. The molecule has 0 spiro atoms. The predicted octanol–water partition coefficient (Wildman–Crippen LogP) is 2.49. The molecule has 23 heavy (non-hydrogen) atoms. The van der Waals surface area contributed by atoms with Crippen LogP contribution in [0, 0.1) is 0 Å². The highest BCUT2D eigenvalue weighted by Gasteiger charge is 2.04. The second-order valence-corrected chi connectivity index (χ2v) is 5.22. The number of nitrogens with one attached hydrogen (secondary N) is 2. The number of hydrogen-bond acceptors (Lipinski definition) is 3. The monoisotopic (exact) mass is 432 g/mol. The first kappa shape index (κ1) is 21.7. The number of nitrogens with zero attached hydrogens (tertiary/aromatic N) is 2. The van der Waals surface area contributed by atoms with Crippen LogP contribution in [0.3, 0.4) is 0 Å². The van der Waals surface area contributed by atoms with E-state index in [-0.39, 0.29) is 24.0 Å². The van der Waals surface area contributed by atoms with E-state index in [1.165, 1.54) is 0 Å². The normalized spacial score (nSPS) is 10.9. The van der Waals surface area contributed by atoms with Crippen molar-refractivity contribution >= 4 is 29.9 Å². The Hall–Kier alpha value is -1.28. The van der Waals surface area contributed by atoms with Crippen LogP contribution in [0.25, 0.3) is 0 Å². The van der Waals surface area contributed by atoms with Crippen molar-refractivity contribution in [3.8, 4) is 5.75 Å². The molecule has 5 nitrogen and oxygen atoms in total. The summed E-state index contributed by atoms with van der Waals surface area (Å²) >= 11 is 0. The van der Waals surface area contributed by atoms with Gasteiger partial charge in [0.05, 0.1) is 0 Å². The zero-order valence-corrected chi connectivity index (χ0v) is 16.7. The molecule has 0 fully saturated rings. The average molecular weight is 432 g/mol. The summed E-state index contributed by atoms with van der Waals surface area (Å²) in [6.45, 7) is 6.80. The van der Waals surface area contributed by atoms with Crippen molar-refractivity contribution < 1.29 is 4.74 Å². The van der Waals surface area contributed by atoms with Crippen molar-refractivity contribution in [3.63, 3.8) is 0 Å². The average Bonchev–Trinajstić information content (AvgIpc) is 2.52. The van der Waals surface area contributed by atoms with Crippen LogP contribution in [0.1, 0.15) is 12.0 Å². The lowest BCUT2D eigenvalue weighted by atomic mass is 10.2. The molecule has 0 heterocycles. The van der Waals surface area contributed by atoms with Crippen LogP contribution in [0.4, 0.5) is 0 Å². The van der Waals surface area contributed by atoms with E-state index in [1.807, 2.05) is 24.3 Å². The number of halogens is 1. The van der Waals surface area contributed by atoms with Gasteiger partial charge in [-0.2, -0.15) is 0 Å². The minimum atomic E-state index is 0. The van der Waals surface area contributed by atoms with E-state index in [2.05, 4.69) is 41.2 Å². The van der Waals surface area contributed by atoms with E-state index < -0.39 is 0 Å². The Morgan fingerprint density at radius 3 is 2.70 bits per heavy atom. The zero-order chi connectivity index (χ0) is 16.2. The molecule has 0 aliphatic carbocycles. The third-order valence-electron chi connectivity index (χ3n) is 3.07. The number of rotatable bonds is 9. The lowest BCUT2D eigenvalue weighted by molar-refractivity contribution is 0.358. The van der Waals surface area contributed by atoms with Gasteiger partial charge in [0.2, 0.25) is 0 Å². The summed E-state index contributed by atoms with van der Waals surface area (Å²) in [4.78, 5) is 6.41. The molecule has 1 rings (SSSR count). The summed E-state index contributed by atoms with van der Waals surface area (Å²) in [5.41, 5.74) is 1.10. The molecule has 2 N–H and O–H groups in total. The largest absolute Gasteiger partial charge is 0.489 e. The van der Waals surface area contributed by atoms with Crippen LogP contribution in [0.15, 0.2) is 41.9 Å². The van der Waals surface area contributed by atoms with Gasteiger partial charge in [0.1, 0.15) is 12.4 Å². The summed E-state index contributed by atoms with van der Waals surface area (Å²) in [6.07, 6.45) is 2.82. The third kappa shape index (κ3) is 9.45. The van der Waals surface area contributed by atoms with Gasteiger partial charge in [-0.05, 0) is 33.1 Å². The highest BCUT2D eigenvalue weighted by molar-refractivity contribution is 14.0. The number of hydrogen-bond donors (Lipinski definition) is 2. The van der Waals surface area contributed by atoms with E-state index in [4.69, 9.17) is 4.74 Å². The van der Waals surface area contributed by atoms with Crippen molar-refractivity contribution in [1.29, 1.82) is 0 Å². The first-order valence-electron chi connectivity index (χ1n) is 7.58. The van der Waals surface area contributed by atoms with Gasteiger partial charge in [0.15, 0.2) is 5.96 Å². The maximum atomic E-state index is 5.65. The highest BCUT2D eigenvalue weighted by Crippen LogP contribution is 2.17. The van der Waals surface area contributed by atoms with Gasteiger partial charge in [-0.1, -0.05) is 30.9 Å². The SMILES string of the molecule is C=CCOc1ccccc1CNC(=NC)NCCCN(C)C.I. The van der Waals surface area contributed by atoms with Crippen molar-refractivity contribution in [2.45, 2.75) is 13.0 Å². The Balaban J connectivity index is 0.00000484. The Morgan fingerprint density at radius 2 is 2.04 bits per heavy atom. The first-order chi connectivity index (χ1) is 10.7. The van der Waals surface area contributed by atoms with Crippen LogP contribution in [-0.4, -0.2) is 51.7 Å². The minimum Gasteiger partial charge on any atom is -0.489 e. The van der Waals surface area contributed by atoms with Gasteiger partial charge >= 0.3 is 0 Å². The zero-order valence-electron chi connectivity index (χ0n) is 14.3. The highest BCUT2D eigenvalue weighted by atomic mass is 127. The molecule has 0 unspecified atom stereocenters. The van der Waals surface area contributed by atoms with E-state index in [0.29, 0.717) is 13.2 Å². The second-order valence-electron chi connectivity index (χ2n) is 5.22. The number of guanidine groups is 1. The van der Waals surface area contributed by atoms with Gasteiger partial charge in [0.25, 0.3) is 0 Å². The standard InChI is InChI=1S/C17H28N4O.HI/c1-5-13-22-16-10-7-6-9-15(16)14-20-17(18-2)19-11-8-12-21(3)4;/h5-7,9-10H,1,8,11-14H2,2-4H3,(H2,18,19,20);1H. The van der Waals surface area contributed by atoms with E-state index in [9.17, 15) is 0 Å². The molecule has 1 aromatic carbocycles. The number of benzene rings is 1. The maximum absolute atomic E-state index is 5.65. The lowest BCUT2D eigenvalue weighted by Crippen LogP contribution is -2.38. The summed E-state index contributed by atoms with van der Waals surface area (Å²) in [6, 6.07) is 7.99. The van der Waals surface area contributed by atoms with E-state index >= 15 is 0 Å². The van der Waals surface area contributed by atoms with Crippen LogP contribution in [0.2, 0.25) is 0 Å². The van der Waals surface area contributed by atoms with E-state index in [0.717, 1.165) is 36.8 Å². The molecule has 0 saturated carbocycles. The fourth-order valence-electron chi connectivity index (χ4n) is 1.94. The molecule has 0 aliphatic rings. The fraction of sp³-hybridized carbons (Fsp3) is 0.471. The lowest BCUT2D eigenvalue weighted by Gasteiger charge is -2.15. The van der Waals surface area contributed by atoms with Gasteiger partial charge < -0.3 is 20.3 Å². The Labute approximate surface area is 157 Å². The Morgan fingerprint density at radius 1 is 1.30 bits per heavy atom. The van der Waals surface area contributed by atoms with Gasteiger partial charge in [0, 0.05) is 25.7 Å². The van der Waals surface area contributed by atoms with Crippen molar-refractivity contribution in [2.24, 2.45) is 4.99 Å². The van der Waals surface area contributed by atoms with Crippen molar-refractivity contribution in [3.05, 3.63) is 42.5 Å². The van der Waals surface area contributed by atoms with E-state index in [1.54, 1.807) is 13.1 Å². The number of para-hydroxylation sites is 1. The fourth-order valence-corrected chi connectivity index (χ4v) is 1.94. The molecule has 0 atom stereocenters. The molecule has 0 bridgehead atoms.